The molecular formula is C23H20F3N3O3S. The first-order valence-electron chi connectivity index (χ1n) is 9.61. The van der Waals surface area contributed by atoms with E-state index in [1.807, 2.05) is 0 Å². The van der Waals surface area contributed by atoms with Gasteiger partial charge in [-0.2, -0.15) is 13.2 Å². The van der Waals surface area contributed by atoms with Crippen molar-refractivity contribution in [2.24, 2.45) is 5.90 Å². The number of fused-ring (bicyclic) bond motifs is 1. The third-order valence-corrected chi connectivity index (χ3v) is 6.60. The molecule has 0 atom stereocenters. The average molecular weight is 475 g/mol. The van der Waals surface area contributed by atoms with E-state index >= 15 is 0 Å². The summed E-state index contributed by atoms with van der Waals surface area (Å²) in [6.45, 7) is -0.0482. The number of hydrogen-bond donors (Lipinski definition) is 2. The third-order valence-electron chi connectivity index (χ3n) is 4.82. The summed E-state index contributed by atoms with van der Waals surface area (Å²) >= 11 is 0. The summed E-state index contributed by atoms with van der Waals surface area (Å²) in [7, 11) is -4.07. The second-order valence-corrected chi connectivity index (χ2v) is 8.70. The van der Waals surface area contributed by atoms with Gasteiger partial charge in [0.15, 0.2) is 0 Å². The summed E-state index contributed by atoms with van der Waals surface area (Å²) in [6.07, 6.45) is -3.42. The van der Waals surface area contributed by atoms with Crippen molar-refractivity contribution in [3.05, 3.63) is 102 Å². The van der Waals surface area contributed by atoms with Gasteiger partial charge in [-0.25, -0.2) is 14.3 Å². The molecule has 0 saturated carbocycles. The van der Waals surface area contributed by atoms with Crippen LogP contribution in [0.3, 0.4) is 0 Å². The lowest BCUT2D eigenvalue weighted by atomic mass is 10.1. The maximum absolute atomic E-state index is 13.5. The molecule has 0 radical (unpaired) electrons. The lowest BCUT2D eigenvalue weighted by molar-refractivity contribution is -0.136. The van der Waals surface area contributed by atoms with E-state index in [0.717, 1.165) is 10.4 Å². The van der Waals surface area contributed by atoms with Crippen molar-refractivity contribution in [2.45, 2.75) is 17.6 Å². The van der Waals surface area contributed by atoms with Crippen LogP contribution in [0.15, 0.2) is 96.0 Å². The van der Waals surface area contributed by atoms with Crippen LogP contribution in [-0.4, -0.2) is 18.6 Å². The highest BCUT2D eigenvalue weighted by Crippen LogP contribution is 2.38. The summed E-state index contributed by atoms with van der Waals surface area (Å²) in [5.41, 5.74) is -0.389. The molecule has 0 fully saturated rings. The molecule has 0 amide bonds. The van der Waals surface area contributed by atoms with E-state index < -0.39 is 21.8 Å². The third kappa shape index (κ3) is 5.14. The zero-order chi connectivity index (χ0) is 24.1. The van der Waals surface area contributed by atoms with Crippen LogP contribution in [0.4, 0.5) is 18.9 Å². The van der Waals surface area contributed by atoms with Gasteiger partial charge in [-0.15, -0.1) is 0 Å². The van der Waals surface area contributed by atoms with Crippen LogP contribution in [0.2, 0.25) is 0 Å². The van der Waals surface area contributed by atoms with Crippen molar-refractivity contribution < 1.29 is 26.8 Å². The minimum absolute atomic E-state index is 0.0443. The monoisotopic (exact) mass is 475 g/mol. The first-order valence-corrected chi connectivity index (χ1v) is 11.0. The Kier molecular flexibility index (Phi) is 7.32. The van der Waals surface area contributed by atoms with Crippen LogP contribution >= 0.6 is 0 Å². The number of para-hydroxylation sites is 1. The van der Waals surface area contributed by atoms with Crippen molar-refractivity contribution in [3.8, 4) is 0 Å². The molecule has 0 bridgehead atoms. The topological polar surface area (TPSA) is 96.5 Å². The number of halogens is 3. The van der Waals surface area contributed by atoms with Gasteiger partial charge in [-0.05, 0) is 29.8 Å². The summed E-state index contributed by atoms with van der Waals surface area (Å²) in [5.74, 6) is 3.50. The van der Waals surface area contributed by atoms with E-state index in [9.17, 15) is 21.6 Å². The number of nitrogens with two attached hydrogens (primary N) is 1. The van der Waals surface area contributed by atoms with E-state index in [1.54, 1.807) is 48.5 Å². The fourth-order valence-corrected chi connectivity index (χ4v) is 4.87. The second-order valence-electron chi connectivity index (χ2n) is 6.84. The van der Waals surface area contributed by atoms with Gasteiger partial charge in [0.25, 0.3) is 10.0 Å². The molecule has 0 spiro atoms. The Morgan fingerprint density at radius 3 is 2.06 bits per heavy atom. The summed E-state index contributed by atoms with van der Waals surface area (Å²) in [6, 6.07) is 21.7. The van der Waals surface area contributed by atoms with Crippen LogP contribution in [-0.2, 0) is 22.7 Å². The molecule has 33 heavy (non-hydrogen) atoms. The molecule has 4 aromatic rings. The predicted molar refractivity (Wildman–Crippen MR) is 119 cm³/mol. The number of rotatable bonds is 5. The molecule has 0 unspecified atom stereocenters. The summed E-state index contributed by atoms with van der Waals surface area (Å²) in [4.78, 5) is 3.96. The first kappa shape index (κ1) is 24.2. The van der Waals surface area contributed by atoms with Gasteiger partial charge in [0, 0.05) is 11.6 Å². The Hall–Kier alpha value is -3.47. The zero-order valence-corrected chi connectivity index (χ0v) is 18.0. The minimum atomic E-state index is -4.62. The summed E-state index contributed by atoms with van der Waals surface area (Å²) < 4.78 is 68.8. The Morgan fingerprint density at radius 1 is 0.848 bits per heavy atom. The molecule has 0 saturated heterocycles. The van der Waals surface area contributed by atoms with Crippen molar-refractivity contribution >= 4 is 26.6 Å². The lowest BCUT2D eigenvalue weighted by Crippen LogP contribution is -2.31. The SMILES string of the molecule is NO.O=S(=O)(c1ccccc1)N(Cc1ccccc1)c1ccnc2c(C(F)(F)F)cccc12. The fraction of sp³-hybridized carbons (Fsp3) is 0.0870. The number of nitrogens with zero attached hydrogens (tertiary/aromatic N) is 2. The van der Waals surface area contributed by atoms with Gasteiger partial charge in [-0.1, -0.05) is 60.7 Å². The average Bonchev–Trinajstić information content (AvgIpc) is 2.83. The molecule has 0 aliphatic rings. The van der Waals surface area contributed by atoms with E-state index in [-0.39, 0.29) is 28.0 Å². The molecular weight excluding hydrogens is 455 g/mol. The Labute approximate surface area is 188 Å². The highest BCUT2D eigenvalue weighted by atomic mass is 32.2. The Balaban J connectivity index is 0.00000149. The van der Waals surface area contributed by atoms with E-state index in [1.165, 1.54) is 36.5 Å². The maximum Gasteiger partial charge on any atom is 0.418 e. The number of alkyl halides is 3. The summed E-state index contributed by atoms with van der Waals surface area (Å²) in [5, 5.41) is 6.60. The molecule has 10 heteroatoms. The number of pyridine rings is 1. The molecule has 6 nitrogen and oxygen atoms in total. The minimum Gasteiger partial charge on any atom is -0.320 e. The van der Waals surface area contributed by atoms with Gasteiger partial charge in [0.1, 0.15) is 0 Å². The molecule has 4 rings (SSSR count). The van der Waals surface area contributed by atoms with Crippen molar-refractivity contribution in [3.63, 3.8) is 0 Å². The van der Waals surface area contributed by atoms with Crippen molar-refractivity contribution in [1.82, 2.24) is 4.98 Å². The highest BCUT2D eigenvalue weighted by Gasteiger charge is 2.34. The van der Waals surface area contributed by atoms with E-state index in [2.05, 4.69) is 10.9 Å². The fourth-order valence-electron chi connectivity index (χ4n) is 3.38. The molecule has 1 heterocycles. The van der Waals surface area contributed by atoms with Crippen LogP contribution < -0.4 is 10.2 Å². The van der Waals surface area contributed by atoms with Crippen LogP contribution in [0.1, 0.15) is 11.1 Å². The van der Waals surface area contributed by atoms with Crippen LogP contribution in [0, 0.1) is 0 Å². The number of anilines is 1. The standard InChI is InChI=1S/C23H17F3N2O2S.H3NO/c24-23(25,26)20-13-7-12-19-21(14-15-27-22(19)20)28(16-17-8-3-1-4-9-17)31(29,30)18-10-5-2-6-11-18;1-2/h1-15H,16H2;2H,1H2. The number of hydrogen-bond acceptors (Lipinski definition) is 5. The second kappa shape index (κ2) is 9.99. The normalized spacial score (nSPS) is 11.5. The van der Waals surface area contributed by atoms with Crippen LogP contribution in [0.25, 0.3) is 10.9 Å². The van der Waals surface area contributed by atoms with Crippen LogP contribution in [0.5, 0.6) is 0 Å². The molecule has 3 N–H and O–H groups in total. The van der Waals surface area contributed by atoms with Gasteiger partial charge in [-0.3, -0.25) is 9.29 Å². The largest absolute Gasteiger partial charge is 0.418 e. The zero-order valence-electron chi connectivity index (χ0n) is 17.1. The van der Waals surface area contributed by atoms with Gasteiger partial charge in [0.05, 0.1) is 28.2 Å². The van der Waals surface area contributed by atoms with Gasteiger partial charge < -0.3 is 5.21 Å². The van der Waals surface area contributed by atoms with E-state index in [4.69, 9.17) is 5.21 Å². The number of aromatic nitrogens is 1. The molecule has 3 aromatic carbocycles. The predicted octanol–water partition coefficient (Wildman–Crippen LogP) is 4.98. The smallest absolute Gasteiger partial charge is 0.320 e. The number of benzene rings is 3. The Morgan fingerprint density at radius 2 is 1.45 bits per heavy atom. The number of sulfonamides is 1. The molecule has 1 aromatic heterocycles. The van der Waals surface area contributed by atoms with Crippen molar-refractivity contribution in [1.29, 1.82) is 0 Å². The highest BCUT2D eigenvalue weighted by molar-refractivity contribution is 7.92. The lowest BCUT2D eigenvalue weighted by Gasteiger charge is -2.26. The van der Waals surface area contributed by atoms with Gasteiger partial charge >= 0.3 is 6.18 Å². The Bertz CT molecular complexity index is 1320. The molecule has 0 aliphatic carbocycles. The first-order chi connectivity index (χ1) is 15.8. The van der Waals surface area contributed by atoms with Gasteiger partial charge in [0.2, 0.25) is 0 Å². The quantitative estimate of drug-likeness (QED) is 0.397. The molecule has 172 valence electrons. The van der Waals surface area contributed by atoms with E-state index in [0.29, 0.717) is 5.56 Å². The van der Waals surface area contributed by atoms with Crippen molar-refractivity contribution in [2.75, 3.05) is 4.31 Å². The maximum atomic E-state index is 13.5. The molecule has 0 aliphatic heterocycles.